The lowest BCUT2D eigenvalue weighted by Crippen LogP contribution is -2.52. The van der Waals surface area contributed by atoms with Crippen LogP contribution in [0.15, 0.2) is 41.8 Å². The number of benzene rings is 1. The highest BCUT2D eigenvalue weighted by molar-refractivity contribution is 7.12. The van der Waals surface area contributed by atoms with Gasteiger partial charge >= 0.3 is 0 Å². The summed E-state index contributed by atoms with van der Waals surface area (Å²) in [6.07, 6.45) is 0. The van der Waals surface area contributed by atoms with Crippen molar-refractivity contribution >= 4 is 23.2 Å². The summed E-state index contributed by atoms with van der Waals surface area (Å²) in [4.78, 5) is 27.2. The Bertz CT molecular complexity index is 649. The van der Waals surface area contributed by atoms with Crippen molar-refractivity contribution in [3.63, 3.8) is 0 Å². The Morgan fingerprint density at radius 1 is 1.29 bits per heavy atom. The summed E-state index contributed by atoms with van der Waals surface area (Å²) in [6.45, 7) is 3.03. The van der Waals surface area contributed by atoms with E-state index in [0.717, 1.165) is 11.1 Å². The number of aryl methyl sites for hydroxylation is 1. The van der Waals surface area contributed by atoms with Crippen molar-refractivity contribution in [1.82, 2.24) is 10.2 Å². The minimum Gasteiger partial charge on any atom is -0.352 e. The van der Waals surface area contributed by atoms with Crippen LogP contribution in [0.25, 0.3) is 0 Å². The van der Waals surface area contributed by atoms with E-state index in [1.54, 1.807) is 11.0 Å². The molecular formula is C16H16N2O2S. The minimum absolute atomic E-state index is 0.0783. The predicted molar refractivity (Wildman–Crippen MR) is 82.3 cm³/mol. The maximum Gasteiger partial charge on any atom is 0.264 e. The Labute approximate surface area is 127 Å². The second kappa shape index (κ2) is 5.69. The first-order valence-corrected chi connectivity index (χ1v) is 7.73. The molecule has 1 aliphatic rings. The molecule has 1 unspecified atom stereocenters. The van der Waals surface area contributed by atoms with Crippen molar-refractivity contribution in [3.8, 4) is 0 Å². The number of nitrogens with one attached hydrogen (secondary N) is 1. The minimum atomic E-state index is -0.547. The fourth-order valence-corrected chi connectivity index (χ4v) is 3.19. The van der Waals surface area contributed by atoms with E-state index in [1.165, 1.54) is 11.3 Å². The number of thiophene rings is 1. The summed E-state index contributed by atoms with van der Waals surface area (Å²) in [6, 6.07) is 10.9. The molecule has 0 spiro atoms. The van der Waals surface area contributed by atoms with Crippen LogP contribution in [-0.4, -0.2) is 29.8 Å². The Morgan fingerprint density at radius 3 is 2.71 bits per heavy atom. The van der Waals surface area contributed by atoms with Crippen molar-refractivity contribution in [2.45, 2.75) is 13.0 Å². The van der Waals surface area contributed by atoms with Gasteiger partial charge in [0, 0.05) is 13.1 Å². The summed E-state index contributed by atoms with van der Waals surface area (Å²) in [5.41, 5.74) is 1.98. The molecule has 0 saturated carbocycles. The third-order valence-electron chi connectivity index (χ3n) is 3.60. The van der Waals surface area contributed by atoms with Gasteiger partial charge in [0.1, 0.15) is 6.04 Å². The molecule has 3 rings (SSSR count). The van der Waals surface area contributed by atoms with Gasteiger partial charge in [0.25, 0.3) is 5.91 Å². The molecule has 1 aromatic carbocycles. The first-order chi connectivity index (χ1) is 10.2. The molecule has 2 heterocycles. The Kier molecular flexibility index (Phi) is 3.75. The van der Waals surface area contributed by atoms with Crippen molar-refractivity contribution in [3.05, 3.63) is 57.8 Å². The van der Waals surface area contributed by atoms with Crippen LogP contribution in [-0.2, 0) is 4.79 Å². The number of piperazine rings is 1. The third kappa shape index (κ3) is 2.69. The second-order valence-electron chi connectivity index (χ2n) is 5.08. The van der Waals surface area contributed by atoms with Crippen LogP contribution in [0.1, 0.15) is 26.8 Å². The fourth-order valence-electron chi connectivity index (χ4n) is 2.51. The molecule has 1 fully saturated rings. The van der Waals surface area contributed by atoms with Gasteiger partial charge in [-0.25, -0.2) is 0 Å². The van der Waals surface area contributed by atoms with Crippen LogP contribution in [0.2, 0.25) is 0 Å². The lowest BCUT2D eigenvalue weighted by Gasteiger charge is -2.35. The first-order valence-electron chi connectivity index (χ1n) is 6.85. The molecule has 0 bridgehead atoms. The van der Waals surface area contributed by atoms with E-state index in [0.29, 0.717) is 18.0 Å². The number of rotatable bonds is 2. The van der Waals surface area contributed by atoms with Gasteiger partial charge < -0.3 is 10.2 Å². The van der Waals surface area contributed by atoms with Gasteiger partial charge in [0.05, 0.1) is 4.88 Å². The predicted octanol–water partition coefficient (Wildman–Crippen LogP) is 2.37. The molecule has 0 aliphatic carbocycles. The number of nitrogens with zero attached hydrogens (tertiary/aromatic N) is 1. The van der Waals surface area contributed by atoms with Crippen LogP contribution in [0.3, 0.4) is 0 Å². The van der Waals surface area contributed by atoms with Crippen LogP contribution in [0.5, 0.6) is 0 Å². The average Bonchev–Trinajstić information content (AvgIpc) is 3.02. The molecule has 5 heteroatoms. The molecule has 1 saturated heterocycles. The second-order valence-corrected chi connectivity index (χ2v) is 6.03. The topological polar surface area (TPSA) is 49.4 Å². The SMILES string of the molecule is Cc1ccc(C2C(=O)NCCN2C(=O)c2cccs2)cc1. The zero-order valence-corrected chi connectivity index (χ0v) is 12.5. The standard InChI is InChI=1S/C16H16N2O2S/c1-11-4-6-12(7-5-11)14-15(19)17-8-9-18(14)16(20)13-3-2-10-21-13/h2-7,10,14H,8-9H2,1H3,(H,17,19). The number of carbonyl (C=O) groups excluding carboxylic acids is 2. The molecule has 4 nitrogen and oxygen atoms in total. The maximum absolute atomic E-state index is 12.6. The average molecular weight is 300 g/mol. The van der Waals surface area contributed by atoms with E-state index in [9.17, 15) is 9.59 Å². The fraction of sp³-hybridized carbons (Fsp3) is 0.250. The van der Waals surface area contributed by atoms with E-state index in [-0.39, 0.29) is 11.8 Å². The highest BCUT2D eigenvalue weighted by Gasteiger charge is 2.34. The molecule has 1 aromatic heterocycles. The Morgan fingerprint density at radius 2 is 2.05 bits per heavy atom. The molecule has 0 radical (unpaired) electrons. The van der Waals surface area contributed by atoms with E-state index in [1.807, 2.05) is 42.6 Å². The summed E-state index contributed by atoms with van der Waals surface area (Å²) in [5.74, 6) is -0.194. The quantitative estimate of drug-likeness (QED) is 0.925. The maximum atomic E-state index is 12.6. The van der Waals surface area contributed by atoms with E-state index < -0.39 is 6.04 Å². The Hall–Kier alpha value is -2.14. The number of hydrogen-bond acceptors (Lipinski definition) is 3. The lowest BCUT2D eigenvalue weighted by molar-refractivity contribution is -0.128. The first kappa shape index (κ1) is 13.8. The molecule has 108 valence electrons. The van der Waals surface area contributed by atoms with Crippen LogP contribution in [0, 0.1) is 6.92 Å². The number of amides is 2. The highest BCUT2D eigenvalue weighted by atomic mass is 32.1. The zero-order chi connectivity index (χ0) is 14.8. The van der Waals surface area contributed by atoms with Crippen molar-refractivity contribution in [1.29, 1.82) is 0 Å². The van der Waals surface area contributed by atoms with Gasteiger partial charge in [0.15, 0.2) is 0 Å². The molecule has 2 amide bonds. The van der Waals surface area contributed by atoms with Crippen molar-refractivity contribution < 1.29 is 9.59 Å². The van der Waals surface area contributed by atoms with Gasteiger partial charge in [-0.2, -0.15) is 0 Å². The number of hydrogen-bond donors (Lipinski definition) is 1. The van der Waals surface area contributed by atoms with Gasteiger partial charge in [0.2, 0.25) is 5.91 Å². The van der Waals surface area contributed by atoms with Crippen LogP contribution >= 0.6 is 11.3 Å². The normalized spacial score (nSPS) is 18.4. The summed E-state index contributed by atoms with van der Waals surface area (Å²) < 4.78 is 0. The molecule has 1 atom stereocenters. The monoisotopic (exact) mass is 300 g/mol. The van der Waals surface area contributed by atoms with Gasteiger partial charge in [-0.1, -0.05) is 35.9 Å². The van der Waals surface area contributed by atoms with Crippen molar-refractivity contribution in [2.24, 2.45) is 0 Å². The van der Waals surface area contributed by atoms with Gasteiger partial charge in [-0.3, -0.25) is 9.59 Å². The van der Waals surface area contributed by atoms with Gasteiger partial charge in [-0.15, -0.1) is 11.3 Å². The van der Waals surface area contributed by atoms with Crippen LogP contribution < -0.4 is 5.32 Å². The molecule has 21 heavy (non-hydrogen) atoms. The van der Waals surface area contributed by atoms with E-state index in [2.05, 4.69) is 5.32 Å². The largest absolute Gasteiger partial charge is 0.352 e. The molecule has 2 aromatic rings. The zero-order valence-electron chi connectivity index (χ0n) is 11.7. The lowest BCUT2D eigenvalue weighted by atomic mass is 10.0. The smallest absolute Gasteiger partial charge is 0.264 e. The molecular weight excluding hydrogens is 284 g/mol. The summed E-state index contributed by atoms with van der Waals surface area (Å²) >= 11 is 1.40. The van der Waals surface area contributed by atoms with Gasteiger partial charge in [-0.05, 0) is 23.9 Å². The Balaban J connectivity index is 1.95. The van der Waals surface area contributed by atoms with E-state index in [4.69, 9.17) is 0 Å². The third-order valence-corrected chi connectivity index (χ3v) is 4.46. The highest BCUT2D eigenvalue weighted by Crippen LogP contribution is 2.26. The molecule has 1 N–H and O–H groups in total. The van der Waals surface area contributed by atoms with Crippen LogP contribution in [0.4, 0.5) is 0 Å². The summed E-state index contributed by atoms with van der Waals surface area (Å²) in [7, 11) is 0. The molecule has 1 aliphatic heterocycles. The van der Waals surface area contributed by atoms with Crippen molar-refractivity contribution in [2.75, 3.05) is 13.1 Å². The summed E-state index contributed by atoms with van der Waals surface area (Å²) in [5, 5.41) is 4.72. The van der Waals surface area contributed by atoms with E-state index >= 15 is 0 Å². The number of carbonyl (C=O) groups is 2.